The van der Waals surface area contributed by atoms with E-state index >= 15 is 0 Å². The van der Waals surface area contributed by atoms with E-state index in [1.807, 2.05) is 18.2 Å². The molecule has 3 N–H and O–H groups in total. The van der Waals surface area contributed by atoms with Crippen molar-refractivity contribution in [2.45, 2.75) is 18.9 Å². The van der Waals surface area contributed by atoms with Gasteiger partial charge in [-0.05, 0) is 37.1 Å². The van der Waals surface area contributed by atoms with E-state index in [0.717, 1.165) is 37.3 Å². The average molecular weight is 271 g/mol. The topological polar surface area (TPSA) is 79.5 Å². The highest BCUT2D eigenvalue weighted by Gasteiger charge is 2.18. The van der Waals surface area contributed by atoms with Crippen molar-refractivity contribution in [1.29, 1.82) is 0 Å². The average Bonchev–Trinajstić information content (AvgIpc) is 2.46. The summed E-state index contributed by atoms with van der Waals surface area (Å²) in [5.41, 5.74) is 6.92. The minimum atomic E-state index is -0.922. The third-order valence-corrected chi connectivity index (χ3v) is 3.81. The number of pyridine rings is 1. The summed E-state index contributed by atoms with van der Waals surface area (Å²) in [6.45, 7) is 1.80. The summed E-state index contributed by atoms with van der Waals surface area (Å²) in [7, 11) is 0. The van der Waals surface area contributed by atoms with E-state index in [4.69, 9.17) is 5.73 Å². The predicted octanol–water partition coefficient (Wildman–Crippen LogP) is 1.86. The van der Waals surface area contributed by atoms with Crippen LogP contribution in [0, 0.1) is 0 Å². The fourth-order valence-corrected chi connectivity index (χ4v) is 2.64. The lowest BCUT2D eigenvalue weighted by atomic mass is 10.1. The predicted molar refractivity (Wildman–Crippen MR) is 78.1 cm³/mol. The van der Waals surface area contributed by atoms with Crippen LogP contribution in [0.1, 0.15) is 23.2 Å². The molecule has 0 atom stereocenters. The molecule has 0 amide bonds. The molecule has 104 valence electrons. The maximum atomic E-state index is 11.2. The molecule has 1 aromatic carbocycles. The van der Waals surface area contributed by atoms with E-state index in [1.54, 1.807) is 12.1 Å². The zero-order valence-electron chi connectivity index (χ0n) is 11.1. The van der Waals surface area contributed by atoms with Gasteiger partial charge in [0.1, 0.15) is 5.82 Å². The lowest BCUT2D eigenvalue weighted by Crippen LogP contribution is -2.40. The summed E-state index contributed by atoms with van der Waals surface area (Å²) in [5, 5.41) is 9.86. The fourth-order valence-electron chi connectivity index (χ4n) is 2.64. The van der Waals surface area contributed by atoms with Crippen LogP contribution in [0.25, 0.3) is 10.9 Å². The Morgan fingerprint density at radius 3 is 2.70 bits per heavy atom. The lowest BCUT2D eigenvalue weighted by molar-refractivity contribution is 0.0699. The van der Waals surface area contributed by atoms with Crippen LogP contribution in [0.2, 0.25) is 0 Å². The maximum absolute atomic E-state index is 11.2. The minimum absolute atomic E-state index is 0.283. The monoisotopic (exact) mass is 271 g/mol. The van der Waals surface area contributed by atoms with Crippen LogP contribution in [0.3, 0.4) is 0 Å². The molecule has 0 saturated carbocycles. The van der Waals surface area contributed by atoms with Gasteiger partial charge in [0.2, 0.25) is 0 Å². The molecule has 5 heteroatoms. The van der Waals surface area contributed by atoms with Crippen LogP contribution in [-0.4, -0.2) is 35.2 Å². The lowest BCUT2D eigenvalue weighted by Gasteiger charge is -2.31. The molecule has 3 rings (SSSR count). The molecule has 1 aliphatic heterocycles. The number of hydrogen-bond donors (Lipinski definition) is 2. The second-order valence-corrected chi connectivity index (χ2v) is 5.17. The molecular formula is C15H17N3O2. The van der Waals surface area contributed by atoms with Crippen LogP contribution in [0.5, 0.6) is 0 Å². The second kappa shape index (κ2) is 5.09. The van der Waals surface area contributed by atoms with Gasteiger partial charge in [-0.1, -0.05) is 6.07 Å². The van der Waals surface area contributed by atoms with Gasteiger partial charge in [0.25, 0.3) is 0 Å². The van der Waals surface area contributed by atoms with Gasteiger partial charge in [-0.15, -0.1) is 0 Å². The molecule has 0 radical (unpaired) electrons. The highest BCUT2D eigenvalue weighted by atomic mass is 16.4. The molecule has 1 fully saturated rings. The zero-order valence-corrected chi connectivity index (χ0v) is 11.1. The normalized spacial score (nSPS) is 16.6. The van der Waals surface area contributed by atoms with Crippen molar-refractivity contribution in [3.8, 4) is 0 Å². The summed E-state index contributed by atoms with van der Waals surface area (Å²) >= 11 is 0. The van der Waals surface area contributed by atoms with E-state index in [-0.39, 0.29) is 6.04 Å². The van der Waals surface area contributed by atoms with Gasteiger partial charge in [-0.2, -0.15) is 0 Å². The third kappa shape index (κ3) is 2.32. The first kappa shape index (κ1) is 12.9. The fraction of sp³-hybridized carbons (Fsp3) is 0.333. The molecular weight excluding hydrogens is 254 g/mol. The molecule has 0 aliphatic carbocycles. The van der Waals surface area contributed by atoms with Gasteiger partial charge in [-0.25, -0.2) is 9.78 Å². The Kier molecular flexibility index (Phi) is 3.28. The number of carbonyl (C=O) groups is 1. The standard InChI is InChI=1S/C15H17N3O2/c16-10-6-8-18(9-7-10)14-5-4-11-12(15(19)20)2-1-3-13(11)17-14/h1-5,10H,6-9,16H2,(H,19,20). The zero-order chi connectivity index (χ0) is 14.1. The number of anilines is 1. The SMILES string of the molecule is NC1CCN(c2ccc3c(C(=O)O)cccc3n2)CC1. The second-order valence-electron chi connectivity index (χ2n) is 5.17. The largest absolute Gasteiger partial charge is 0.478 e. The number of aromatic nitrogens is 1. The number of nitrogens with two attached hydrogens (primary N) is 1. The van der Waals surface area contributed by atoms with Gasteiger partial charge in [0, 0.05) is 24.5 Å². The van der Waals surface area contributed by atoms with Crippen LogP contribution in [0.15, 0.2) is 30.3 Å². The molecule has 0 spiro atoms. The molecule has 0 bridgehead atoms. The van der Waals surface area contributed by atoms with E-state index in [1.165, 1.54) is 0 Å². The number of carboxylic acids is 1. The summed E-state index contributed by atoms with van der Waals surface area (Å²) in [4.78, 5) is 18.0. The molecule has 1 aromatic heterocycles. The van der Waals surface area contributed by atoms with Gasteiger partial charge in [-0.3, -0.25) is 0 Å². The van der Waals surface area contributed by atoms with Crippen molar-refractivity contribution >= 4 is 22.7 Å². The van der Waals surface area contributed by atoms with Gasteiger partial charge in [0.15, 0.2) is 0 Å². The van der Waals surface area contributed by atoms with Gasteiger partial charge >= 0.3 is 5.97 Å². The number of benzene rings is 1. The Bertz CT molecular complexity index is 649. The summed E-state index contributed by atoms with van der Waals surface area (Å²) in [6.07, 6.45) is 1.93. The summed E-state index contributed by atoms with van der Waals surface area (Å²) in [5.74, 6) is -0.0268. The Morgan fingerprint density at radius 1 is 1.25 bits per heavy atom. The maximum Gasteiger partial charge on any atom is 0.336 e. The highest BCUT2D eigenvalue weighted by molar-refractivity contribution is 6.02. The first-order chi connectivity index (χ1) is 9.65. The number of rotatable bonds is 2. The van der Waals surface area contributed by atoms with E-state index in [9.17, 15) is 9.90 Å². The number of hydrogen-bond acceptors (Lipinski definition) is 4. The molecule has 2 heterocycles. The Hall–Kier alpha value is -2.14. The first-order valence-electron chi connectivity index (χ1n) is 6.79. The van der Waals surface area contributed by atoms with E-state index < -0.39 is 5.97 Å². The van der Waals surface area contributed by atoms with Gasteiger partial charge in [0.05, 0.1) is 11.1 Å². The van der Waals surface area contributed by atoms with Crippen LogP contribution in [0.4, 0.5) is 5.82 Å². The van der Waals surface area contributed by atoms with Crippen LogP contribution < -0.4 is 10.6 Å². The molecule has 20 heavy (non-hydrogen) atoms. The number of carboxylic acid groups (broad SMARTS) is 1. The Balaban J connectivity index is 1.97. The molecule has 2 aromatic rings. The number of aromatic carboxylic acids is 1. The summed E-state index contributed by atoms with van der Waals surface area (Å²) < 4.78 is 0. The number of fused-ring (bicyclic) bond motifs is 1. The molecule has 5 nitrogen and oxygen atoms in total. The highest BCUT2D eigenvalue weighted by Crippen LogP contribution is 2.23. The van der Waals surface area contributed by atoms with Crippen molar-refractivity contribution in [2.75, 3.05) is 18.0 Å². The van der Waals surface area contributed by atoms with Crippen molar-refractivity contribution < 1.29 is 9.90 Å². The molecule has 1 aliphatic rings. The van der Waals surface area contributed by atoms with Crippen molar-refractivity contribution in [3.05, 3.63) is 35.9 Å². The molecule has 1 saturated heterocycles. The van der Waals surface area contributed by atoms with Crippen molar-refractivity contribution in [3.63, 3.8) is 0 Å². The quantitative estimate of drug-likeness (QED) is 0.871. The first-order valence-corrected chi connectivity index (χ1v) is 6.79. The third-order valence-electron chi connectivity index (χ3n) is 3.81. The molecule has 0 unspecified atom stereocenters. The van der Waals surface area contributed by atoms with Crippen LogP contribution in [-0.2, 0) is 0 Å². The number of piperidine rings is 1. The Labute approximate surface area is 117 Å². The Morgan fingerprint density at radius 2 is 2.00 bits per heavy atom. The van der Waals surface area contributed by atoms with E-state index in [2.05, 4.69) is 9.88 Å². The summed E-state index contributed by atoms with van der Waals surface area (Å²) in [6, 6.07) is 9.20. The van der Waals surface area contributed by atoms with Gasteiger partial charge < -0.3 is 15.7 Å². The van der Waals surface area contributed by atoms with Crippen LogP contribution >= 0.6 is 0 Å². The van der Waals surface area contributed by atoms with Crippen molar-refractivity contribution in [1.82, 2.24) is 4.98 Å². The minimum Gasteiger partial charge on any atom is -0.478 e. The smallest absolute Gasteiger partial charge is 0.336 e. The van der Waals surface area contributed by atoms with Crippen molar-refractivity contribution in [2.24, 2.45) is 5.73 Å². The van der Waals surface area contributed by atoms with E-state index in [0.29, 0.717) is 10.9 Å². The number of nitrogens with zero attached hydrogens (tertiary/aromatic N) is 2.